The molecule has 1 aliphatic heterocycles. The largest absolute Gasteiger partial charge is 0.478 e. The fraction of sp³-hybridized carbons (Fsp3) is 0.240. The molecule has 2 amide bonds. The second-order valence-electron chi connectivity index (χ2n) is 8.09. The smallest absolute Gasteiger partial charge is 0.337 e. The van der Waals surface area contributed by atoms with Crippen molar-refractivity contribution in [2.24, 2.45) is 0 Å². The topological polar surface area (TPSA) is 102 Å². The fourth-order valence-electron chi connectivity index (χ4n) is 3.87. The van der Waals surface area contributed by atoms with Crippen molar-refractivity contribution in [1.82, 2.24) is 10.2 Å². The van der Waals surface area contributed by atoms with Crippen molar-refractivity contribution in [1.29, 1.82) is 0 Å². The van der Waals surface area contributed by atoms with Crippen LogP contribution in [0.3, 0.4) is 0 Å². The van der Waals surface area contributed by atoms with Gasteiger partial charge in [0, 0.05) is 36.7 Å². The highest BCUT2D eigenvalue weighted by Crippen LogP contribution is 2.25. The maximum absolute atomic E-state index is 13.9. The molecule has 0 atom stereocenters. The minimum Gasteiger partial charge on any atom is -0.478 e. The summed E-state index contributed by atoms with van der Waals surface area (Å²) in [5, 5.41) is 17.1. The number of amides is 2. The second-order valence-corrected chi connectivity index (χ2v) is 9.12. The molecule has 2 aromatic carbocycles. The maximum Gasteiger partial charge on any atom is 0.337 e. The van der Waals surface area contributed by atoms with Gasteiger partial charge in [0.1, 0.15) is 5.82 Å². The first-order valence-corrected chi connectivity index (χ1v) is 12.0. The van der Waals surface area contributed by atoms with Crippen LogP contribution in [-0.4, -0.2) is 60.5 Å². The van der Waals surface area contributed by atoms with Gasteiger partial charge < -0.3 is 20.6 Å². The summed E-state index contributed by atoms with van der Waals surface area (Å²) >= 11 is 1.60. The SMILES string of the molecule is O=C(CN1CCN(c2ccc(NC(=O)c3ccccc3F)c(C(=O)O)c2)CC1)NCc1cccs1. The molecule has 35 heavy (non-hydrogen) atoms. The molecule has 3 aromatic rings. The number of benzene rings is 2. The number of aromatic carboxylic acids is 1. The third-order valence-electron chi connectivity index (χ3n) is 5.74. The Balaban J connectivity index is 1.35. The first kappa shape index (κ1) is 24.4. The molecule has 0 spiro atoms. The second kappa shape index (κ2) is 11.1. The Morgan fingerprint density at radius 3 is 2.43 bits per heavy atom. The van der Waals surface area contributed by atoms with E-state index in [0.717, 1.165) is 4.88 Å². The zero-order valence-electron chi connectivity index (χ0n) is 18.9. The normalized spacial score (nSPS) is 13.9. The molecule has 2 heterocycles. The van der Waals surface area contributed by atoms with E-state index in [2.05, 4.69) is 15.5 Å². The molecule has 3 N–H and O–H groups in total. The van der Waals surface area contributed by atoms with E-state index in [1.807, 2.05) is 22.4 Å². The van der Waals surface area contributed by atoms with E-state index in [-0.39, 0.29) is 22.7 Å². The Bertz CT molecular complexity index is 1210. The van der Waals surface area contributed by atoms with Crippen molar-refractivity contribution in [2.45, 2.75) is 6.54 Å². The number of thiophene rings is 1. The van der Waals surface area contributed by atoms with Crippen LogP contribution in [0.15, 0.2) is 60.0 Å². The molecule has 1 aliphatic rings. The molecular formula is C25H25FN4O4S. The van der Waals surface area contributed by atoms with Gasteiger partial charge in [0.2, 0.25) is 5.91 Å². The first-order chi connectivity index (χ1) is 16.9. The third kappa shape index (κ3) is 6.23. The summed E-state index contributed by atoms with van der Waals surface area (Å²) in [6.45, 7) is 3.38. The van der Waals surface area contributed by atoms with E-state index in [4.69, 9.17) is 0 Å². The number of carboxylic acids is 1. The number of piperazine rings is 1. The number of carbonyl (C=O) groups excluding carboxylic acids is 2. The zero-order chi connectivity index (χ0) is 24.8. The van der Waals surface area contributed by atoms with Crippen LogP contribution in [0.1, 0.15) is 25.6 Å². The van der Waals surface area contributed by atoms with Crippen LogP contribution in [0.4, 0.5) is 15.8 Å². The van der Waals surface area contributed by atoms with Gasteiger partial charge in [-0.05, 0) is 41.8 Å². The molecule has 1 saturated heterocycles. The van der Waals surface area contributed by atoms with Crippen LogP contribution in [0.5, 0.6) is 0 Å². The van der Waals surface area contributed by atoms with Crippen molar-refractivity contribution in [3.05, 3.63) is 81.8 Å². The van der Waals surface area contributed by atoms with E-state index >= 15 is 0 Å². The molecule has 1 fully saturated rings. The third-order valence-corrected chi connectivity index (χ3v) is 6.62. The zero-order valence-corrected chi connectivity index (χ0v) is 19.7. The van der Waals surface area contributed by atoms with Gasteiger partial charge >= 0.3 is 5.97 Å². The molecule has 0 bridgehead atoms. The van der Waals surface area contributed by atoms with Gasteiger partial charge in [0.15, 0.2) is 0 Å². The Morgan fingerprint density at radius 1 is 0.971 bits per heavy atom. The highest BCUT2D eigenvalue weighted by molar-refractivity contribution is 7.09. The Morgan fingerprint density at radius 2 is 1.74 bits per heavy atom. The molecule has 182 valence electrons. The summed E-state index contributed by atoms with van der Waals surface area (Å²) in [5.41, 5.74) is 0.551. The standard InChI is InChI=1S/C25H25FN4O4S/c26-21-6-2-1-5-19(21)24(32)28-22-8-7-17(14-20(22)25(33)34)30-11-9-29(10-12-30)16-23(31)27-15-18-4-3-13-35-18/h1-8,13-14H,9-12,15-16H2,(H,27,31)(H,28,32)(H,33,34). The molecule has 0 aliphatic carbocycles. The highest BCUT2D eigenvalue weighted by Gasteiger charge is 2.22. The van der Waals surface area contributed by atoms with Gasteiger partial charge in [-0.15, -0.1) is 11.3 Å². The lowest BCUT2D eigenvalue weighted by molar-refractivity contribution is -0.122. The molecule has 4 rings (SSSR count). The lowest BCUT2D eigenvalue weighted by Crippen LogP contribution is -2.49. The van der Waals surface area contributed by atoms with E-state index in [9.17, 15) is 23.9 Å². The minimum atomic E-state index is -1.20. The molecular weight excluding hydrogens is 471 g/mol. The average molecular weight is 497 g/mol. The van der Waals surface area contributed by atoms with Gasteiger partial charge in [-0.25, -0.2) is 9.18 Å². The number of carbonyl (C=O) groups is 3. The van der Waals surface area contributed by atoms with Crippen LogP contribution in [0.25, 0.3) is 0 Å². The number of anilines is 2. The van der Waals surface area contributed by atoms with Crippen molar-refractivity contribution >= 4 is 40.5 Å². The van der Waals surface area contributed by atoms with Gasteiger partial charge in [0.05, 0.1) is 29.9 Å². The number of nitrogens with one attached hydrogen (secondary N) is 2. The fourth-order valence-corrected chi connectivity index (χ4v) is 4.52. The average Bonchev–Trinajstić information content (AvgIpc) is 3.37. The van der Waals surface area contributed by atoms with Crippen LogP contribution >= 0.6 is 11.3 Å². The molecule has 8 nitrogen and oxygen atoms in total. The summed E-state index contributed by atoms with van der Waals surface area (Å²) < 4.78 is 13.9. The van der Waals surface area contributed by atoms with Crippen molar-refractivity contribution in [3.63, 3.8) is 0 Å². The summed E-state index contributed by atoms with van der Waals surface area (Å²) in [4.78, 5) is 41.7. The van der Waals surface area contributed by atoms with Gasteiger partial charge in [-0.2, -0.15) is 0 Å². The lowest BCUT2D eigenvalue weighted by Gasteiger charge is -2.36. The van der Waals surface area contributed by atoms with Crippen molar-refractivity contribution in [2.75, 3.05) is 42.9 Å². The lowest BCUT2D eigenvalue weighted by atomic mass is 10.1. The van der Waals surface area contributed by atoms with Crippen molar-refractivity contribution < 1.29 is 23.9 Å². The quantitative estimate of drug-likeness (QED) is 0.443. The van der Waals surface area contributed by atoms with Gasteiger partial charge in [-0.3, -0.25) is 14.5 Å². The summed E-state index contributed by atoms with van der Waals surface area (Å²) in [6, 6.07) is 14.2. The van der Waals surface area contributed by atoms with Crippen LogP contribution in [-0.2, 0) is 11.3 Å². The number of rotatable bonds is 8. The maximum atomic E-state index is 13.9. The number of nitrogens with zero attached hydrogens (tertiary/aromatic N) is 2. The molecule has 0 radical (unpaired) electrons. The van der Waals surface area contributed by atoms with E-state index in [0.29, 0.717) is 45.0 Å². The van der Waals surface area contributed by atoms with Crippen LogP contribution in [0.2, 0.25) is 0 Å². The first-order valence-electron chi connectivity index (χ1n) is 11.1. The Labute approximate surface area is 206 Å². The molecule has 10 heteroatoms. The summed E-state index contributed by atoms with van der Waals surface area (Å²) in [5.74, 6) is -2.63. The van der Waals surface area contributed by atoms with Gasteiger partial charge in [0.25, 0.3) is 5.91 Å². The number of halogens is 1. The molecule has 0 saturated carbocycles. The molecule has 1 aromatic heterocycles. The van der Waals surface area contributed by atoms with Crippen LogP contribution in [0, 0.1) is 5.82 Å². The predicted molar refractivity (Wildman–Crippen MR) is 133 cm³/mol. The highest BCUT2D eigenvalue weighted by atomic mass is 32.1. The predicted octanol–water partition coefficient (Wildman–Crippen LogP) is 3.28. The number of hydrogen-bond donors (Lipinski definition) is 3. The Kier molecular flexibility index (Phi) is 7.74. The van der Waals surface area contributed by atoms with E-state index in [1.165, 1.54) is 36.4 Å². The Hall–Kier alpha value is -3.76. The molecule has 0 unspecified atom stereocenters. The summed E-state index contributed by atoms with van der Waals surface area (Å²) in [7, 11) is 0. The number of hydrogen-bond acceptors (Lipinski definition) is 6. The van der Waals surface area contributed by atoms with Crippen LogP contribution < -0.4 is 15.5 Å². The van der Waals surface area contributed by atoms with E-state index in [1.54, 1.807) is 17.4 Å². The monoisotopic (exact) mass is 496 g/mol. The van der Waals surface area contributed by atoms with Gasteiger partial charge in [-0.1, -0.05) is 18.2 Å². The minimum absolute atomic E-state index is 0.0324. The summed E-state index contributed by atoms with van der Waals surface area (Å²) in [6.07, 6.45) is 0. The van der Waals surface area contributed by atoms with E-state index < -0.39 is 17.7 Å². The number of carboxylic acid groups (broad SMARTS) is 1. The van der Waals surface area contributed by atoms with Crippen molar-refractivity contribution in [3.8, 4) is 0 Å².